The van der Waals surface area contributed by atoms with E-state index >= 15 is 0 Å². The van der Waals surface area contributed by atoms with Crippen molar-refractivity contribution in [2.24, 2.45) is 0 Å². The first-order chi connectivity index (χ1) is 8.53. The zero-order valence-corrected chi connectivity index (χ0v) is 10.5. The molecule has 2 heterocycles. The Labute approximate surface area is 105 Å². The van der Waals surface area contributed by atoms with Crippen molar-refractivity contribution in [1.82, 2.24) is 9.29 Å². The molecule has 1 atom stereocenters. The van der Waals surface area contributed by atoms with Crippen molar-refractivity contribution in [3.63, 3.8) is 0 Å². The molecule has 1 aromatic rings. The summed E-state index contributed by atoms with van der Waals surface area (Å²) in [5.41, 5.74) is 0. The molecule has 1 saturated heterocycles. The predicted molar refractivity (Wildman–Crippen MR) is 63.4 cm³/mol. The van der Waals surface area contributed by atoms with Crippen LogP contribution in [0.2, 0.25) is 0 Å². The summed E-state index contributed by atoms with van der Waals surface area (Å²) in [6.45, 7) is 0.232. The fourth-order valence-electron chi connectivity index (χ4n) is 2.06. The Bertz CT molecular complexity index is 529. The van der Waals surface area contributed by atoms with E-state index in [-0.39, 0.29) is 11.6 Å². The highest BCUT2D eigenvalue weighted by Gasteiger charge is 2.38. The third-order valence-electron chi connectivity index (χ3n) is 2.95. The van der Waals surface area contributed by atoms with Crippen LogP contribution in [0.4, 0.5) is 0 Å². The molecular formula is C11H14N2O4S. The summed E-state index contributed by atoms with van der Waals surface area (Å²) in [7, 11) is -3.81. The summed E-state index contributed by atoms with van der Waals surface area (Å²) >= 11 is 0. The number of aromatic nitrogens is 1. The molecule has 0 spiro atoms. The first-order valence-electron chi connectivity index (χ1n) is 5.69. The Morgan fingerprint density at radius 1 is 1.39 bits per heavy atom. The number of rotatable bonds is 3. The monoisotopic (exact) mass is 270 g/mol. The van der Waals surface area contributed by atoms with Crippen LogP contribution in [0.3, 0.4) is 0 Å². The Kier molecular flexibility index (Phi) is 3.63. The summed E-state index contributed by atoms with van der Waals surface area (Å²) in [6, 6.07) is 3.58. The lowest BCUT2D eigenvalue weighted by atomic mass is 10.1. The zero-order valence-electron chi connectivity index (χ0n) is 9.69. The summed E-state index contributed by atoms with van der Waals surface area (Å²) in [5.74, 6) is -1.10. The molecule has 0 bridgehead atoms. The number of pyridine rings is 1. The third-order valence-corrected chi connectivity index (χ3v) is 4.77. The van der Waals surface area contributed by atoms with E-state index in [1.165, 1.54) is 12.3 Å². The van der Waals surface area contributed by atoms with Crippen LogP contribution in [-0.2, 0) is 14.8 Å². The number of carbonyl (C=O) groups is 1. The van der Waals surface area contributed by atoms with E-state index < -0.39 is 22.0 Å². The number of aliphatic carboxylic acids is 1. The molecule has 0 aliphatic carbocycles. The molecule has 98 valence electrons. The van der Waals surface area contributed by atoms with Crippen molar-refractivity contribution in [2.75, 3.05) is 6.54 Å². The van der Waals surface area contributed by atoms with Gasteiger partial charge in [0.15, 0.2) is 5.03 Å². The molecule has 0 saturated carbocycles. The van der Waals surface area contributed by atoms with Gasteiger partial charge in [-0.15, -0.1) is 0 Å². The molecule has 1 N–H and O–H groups in total. The maximum atomic E-state index is 12.3. The van der Waals surface area contributed by atoms with E-state index in [2.05, 4.69) is 4.98 Å². The molecule has 1 aliphatic heterocycles. The number of sulfonamides is 1. The van der Waals surface area contributed by atoms with E-state index in [9.17, 15) is 13.2 Å². The minimum absolute atomic E-state index is 0.0989. The molecule has 2 rings (SSSR count). The Morgan fingerprint density at radius 3 is 2.78 bits per heavy atom. The maximum Gasteiger partial charge on any atom is 0.322 e. The van der Waals surface area contributed by atoms with Gasteiger partial charge in [-0.05, 0) is 31.4 Å². The van der Waals surface area contributed by atoms with Crippen molar-refractivity contribution < 1.29 is 18.3 Å². The van der Waals surface area contributed by atoms with Crippen LogP contribution < -0.4 is 0 Å². The van der Waals surface area contributed by atoms with E-state index in [1.54, 1.807) is 12.1 Å². The van der Waals surface area contributed by atoms with Gasteiger partial charge < -0.3 is 5.11 Å². The molecule has 6 nitrogen and oxygen atoms in total. The molecule has 7 heteroatoms. The minimum atomic E-state index is -3.81. The summed E-state index contributed by atoms with van der Waals surface area (Å²) < 4.78 is 25.6. The number of carboxylic acids is 1. The van der Waals surface area contributed by atoms with E-state index in [1.807, 2.05) is 0 Å². The van der Waals surface area contributed by atoms with Crippen molar-refractivity contribution in [3.05, 3.63) is 24.4 Å². The van der Waals surface area contributed by atoms with Gasteiger partial charge in [0, 0.05) is 12.7 Å². The highest BCUT2D eigenvalue weighted by atomic mass is 32.2. The average molecular weight is 270 g/mol. The molecule has 0 amide bonds. The number of hydrogen-bond acceptors (Lipinski definition) is 4. The number of carboxylic acid groups (broad SMARTS) is 1. The van der Waals surface area contributed by atoms with Gasteiger partial charge in [0.25, 0.3) is 10.0 Å². The van der Waals surface area contributed by atoms with E-state index in [4.69, 9.17) is 5.11 Å². The lowest BCUT2D eigenvalue weighted by molar-refractivity contribution is -0.142. The molecule has 0 unspecified atom stereocenters. The van der Waals surface area contributed by atoms with Gasteiger partial charge in [-0.1, -0.05) is 6.07 Å². The zero-order chi connectivity index (χ0) is 13.2. The van der Waals surface area contributed by atoms with Crippen LogP contribution in [0.15, 0.2) is 29.4 Å². The Morgan fingerprint density at radius 2 is 2.17 bits per heavy atom. The molecule has 0 aromatic carbocycles. The van der Waals surface area contributed by atoms with Crippen molar-refractivity contribution in [2.45, 2.75) is 30.3 Å². The summed E-state index contributed by atoms with van der Waals surface area (Å²) in [5, 5.41) is 8.99. The fraction of sp³-hybridized carbons (Fsp3) is 0.455. The quantitative estimate of drug-likeness (QED) is 0.874. The van der Waals surface area contributed by atoms with Crippen LogP contribution in [0.1, 0.15) is 19.3 Å². The third kappa shape index (κ3) is 2.37. The minimum Gasteiger partial charge on any atom is -0.480 e. The number of nitrogens with zero attached hydrogens (tertiary/aromatic N) is 2. The number of piperidine rings is 1. The van der Waals surface area contributed by atoms with E-state index in [0.717, 1.165) is 10.7 Å². The second kappa shape index (κ2) is 5.03. The van der Waals surface area contributed by atoms with Crippen molar-refractivity contribution in [1.29, 1.82) is 0 Å². The van der Waals surface area contributed by atoms with Gasteiger partial charge in [0.1, 0.15) is 6.04 Å². The smallest absolute Gasteiger partial charge is 0.322 e. The summed E-state index contributed by atoms with van der Waals surface area (Å²) in [4.78, 5) is 14.9. The highest BCUT2D eigenvalue weighted by molar-refractivity contribution is 7.89. The van der Waals surface area contributed by atoms with Gasteiger partial charge in [-0.3, -0.25) is 4.79 Å². The van der Waals surface area contributed by atoms with Gasteiger partial charge >= 0.3 is 5.97 Å². The molecule has 18 heavy (non-hydrogen) atoms. The fourth-order valence-corrected chi connectivity index (χ4v) is 3.64. The van der Waals surface area contributed by atoms with Crippen LogP contribution in [-0.4, -0.2) is 41.4 Å². The second-order valence-corrected chi connectivity index (χ2v) is 5.97. The topological polar surface area (TPSA) is 87.6 Å². The number of hydrogen-bond donors (Lipinski definition) is 1. The van der Waals surface area contributed by atoms with E-state index in [0.29, 0.717) is 12.8 Å². The van der Waals surface area contributed by atoms with Crippen LogP contribution in [0.25, 0.3) is 0 Å². The lowest BCUT2D eigenvalue weighted by Crippen LogP contribution is -2.48. The normalized spacial score (nSPS) is 21.7. The van der Waals surface area contributed by atoms with Gasteiger partial charge in [-0.25, -0.2) is 13.4 Å². The first kappa shape index (κ1) is 13.0. The standard InChI is InChI=1S/C11H14N2O4S/c14-11(15)9-5-2-4-8-13(9)18(16,17)10-6-1-3-7-12-10/h1,3,6-7,9H,2,4-5,8H2,(H,14,15)/t9-/m1/s1. The van der Waals surface area contributed by atoms with Gasteiger partial charge in [0.05, 0.1) is 0 Å². The van der Waals surface area contributed by atoms with Crippen LogP contribution in [0.5, 0.6) is 0 Å². The summed E-state index contributed by atoms with van der Waals surface area (Å²) in [6.07, 6.45) is 3.13. The lowest BCUT2D eigenvalue weighted by Gasteiger charge is -2.31. The molecule has 0 radical (unpaired) electrons. The molecule has 1 fully saturated rings. The maximum absolute atomic E-state index is 12.3. The second-order valence-electron chi connectivity index (χ2n) is 4.13. The van der Waals surface area contributed by atoms with Crippen LogP contribution >= 0.6 is 0 Å². The highest BCUT2D eigenvalue weighted by Crippen LogP contribution is 2.24. The molecule has 1 aliphatic rings. The van der Waals surface area contributed by atoms with Gasteiger partial charge in [0.2, 0.25) is 0 Å². The average Bonchev–Trinajstić information content (AvgIpc) is 2.39. The first-order valence-corrected chi connectivity index (χ1v) is 7.13. The molecule has 1 aromatic heterocycles. The van der Waals surface area contributed by atoms with Crippen molar-refractivity contribution >= 4 is 16.0 Å². The predicted octanol–water partition coefficient (Wildman–Crippen LogP) is 0.709. The Balaban J connectivity index is 2.36. The Hall–Kier alpha value is -1.47. The van der Waals surface area contributed by atoms with Crippen LogP contribution in [0, 0.1) is 0 Å². The van der Waals surface area contributed by atoms with Crippen molar-refractivity contribution in [3.8, 4) is 0 Å². The largest absolute Gasteiger partial charge is 0.480 e. The SMILES string of the molecule is O=C(O)[C@H]1CCCCN1S(=O)(=O)c1ccccn1. The van der Waals surface area contributed by atoms with Gasteiger partial charge in [-0.2, -0.15) is 4.31 Å². The molecular weight excluding hydrogens is 256 g/mol.